The number of halogens is 1. The number of hydrogen-bond acceptors (Lipinski definition) is 5. The van der Waals surface area contributed by atoms with Crippen LogP contribution in [0.1, 0.15) is 11.4 Å². The van der Waals surface area contributed by atoms with E-state index in [4.69, 9.17) is 5.26 Å². The molecular weight excluding hydrogens is 318 g/mol. The Kier molecular flexibility index (Phi) is 4.91. The fourth-order valence-electron chi connectivity index (χ4n) is 1.81. The van der Waals surface area contributed by atoms with Crippen molar-refractivity contribution in [1.82, 2.24) is 9.97 Å². The molecule has 0 fully saturated rings. The van der Waals surface area contributed by atoms with Crippen molar-refractivity contribution >= 4 is 27.6 Å². The lowest BCUT2D eigenvalue weighted by Gasteiger charge is -2.08. The highest BCUT2D eigenvalue weighted by atomic mass is 79.9. The molecule has 0 atom stereocenters. The van der Waals surface area contributed by atoms with Gasteiger partial charge in [0.1, 0.15) is 17.5 Å². The summed E-state index contributed by atoms with van der Waals surface area (Å²) in [4.78, 5) is 8.40. The molecule has 0 bridgehead atoms. The molecule has 0 radical (unpaired) electrons. The molecule has 1 aromatic carbocycles. The fourth-order valence-corrected chi connectivity index (χ4v) is 2.29. The summed E-state index contributed by atoms with van der Waals surface area (Å²) >= 11 is 3.53. The largest absolute Gasteiger partial charge is 0.370 e. The highest BCUT2D eigenvalue weighted by Crippen LogP contribution is 2.17. The van der Waals surface area contributed by atoms with Crippen molar-refractivity contribution in [3.8, 4) is 6.19 Å². The van der Waals surface area contributed by atoms with Crippen molar-refractivity contribution in [2.45, 2.75) is 13.3 Å². The normalized spacial score (nSPS) is 9.85. The third-order valence-corrected chi connectivity index (χ3v) is 3.45. The highest BCUT2D eigenvalue weighted by Gasteiger charge is 2.02. The first kappa shape index (κ1) is 14.3. The third-order valence-electron chi connectivity index (χ3n) is 2.68. The maximum atomic E-state index is 8.61. The van der Waals surface area contributed by atoms with Crippen LogP contribution in [0.3, 0.4) is 0 Å². The first-order valence-corrected chi connectivity index (χ1v) is 6.96. The number of aryl methyl sites for hydroxylation is 1. The average Bonchev–Trinajstić information content (AvgIpc) is 2.41. The number of benzene rings is 1. The van der Waals surface area contributed by atoms with Gasteiger partial charge in [0.2, 0.25) is 0 Å². The number of hydrogen-bond donors (Lipinski definition) is 2. The zero-order chi connectivity index (χ0) is 14.4. The van der Waals surface area contributed by atoms with Gasteiger partial charge in [-0.1, -0.05) is 34.1 Å². The molecule has 0 aliphatic rings. The molecule has 20 heavy (non-hydrogen) atoms. The number of aromatic nitrogens is 2. The lowest BCUT2D eigenvalue weighted by Crippen LogP contribution is -2.08. The number of rotatable bonds is 5. The van der Waals surface area contributed by atoms with Crippen LogP contribution in [0.25, 0.3) is 0 Å². The van der Waals surface area contributed by atoms with Gasteiger partial charge in [0.05, 0.1) is 0 Å². The Morgan fingerprint density at radius 3 is 2.75 bits per heavy atom. The fraction of sp³-hybridized carbons (Fsp3) is 0.214. The molecule has 1 aromatic heterocycles. The lowest BCUT2D eigenvalue weighted by atomic mass is 10.1. The Morgan fingerprint density at radius 1 is 1.25 bits per heavy atom. The molecule has 0 spiro atoms. The molecule has 2 aromatic rings. The van der Waals surface area contributed by atoms with Gasteiger partial charge in [0, 0.05) is 17.1 Å². The summed E-state index contributed by atoms with van der Waals surface area (Å²) in [7, 11) is 0. The van der Waals surface area contributed by atoms with Gasteiger partial charge in [0.25, 0.3) is 0 Å². The van der Waals surface area contributed by atoms with Crippen molar-refractivity contribution in [2.24, 2.45) is 0 Å². The second kappa shape index (κ2) is 6.87. The molecule has 0 saturated carbocycles. The molecule has 2 rings (SSSR count). The monoisotopic (exact) mass is 331 g/mol. The van der Waals surface area contributed by atoms with Crippen LogP contribution in [0.5, 0.6) is 0 Å². The summed E-state index contributed by atoms with van der Waals surface area (Å²) in [5, 5.41) is 14.4. The molecule has 6 heteroatoms. The minimum Gasteiger partial charge on any atom is -0.370 e. The first-order valence-electron chi connectivity index (χ1n) is 6.17. The standard InChI is InChI=1S/C14H14BrN5/c1-10-19-13(8-14(20-10)18-9-16)17-7-6-11-4-2-3-5-12(11)15/h2-5,8H,6-7H2,1H3,(H2,17,18,19,20). The smallest absolute Gasteiger partial charge is 0.182 e. The topological polar surface area (TPSA) is 73.6 Å². The predicted molar refractivity (Wildman–Crippen MR) is 82.3 cm³/mol. The quantitative estimate of drug-likeness (QED) is 0.650. The third kappa shape index (κ3) is 3.93. The Labute approximate surface area is 126 Å². The molecule has 1 heterocycles. The maximum Gasteiger partial charge on any atom is 0.182 e. The van der Waals surface area contributed by atoms with E-state index >= 15 is 0 Å². The molecule has 2 N–H and O–H groups in total. The number of nitriles is 1. The van der Waals surface area contributed by atoms with Gasteiger partial charge in [-0.3, -0.25) is 5.32 Å². The van der Waals surface area contributed by atoms with E-state index in [1.807, 2.05) is 24.4 Å². The summed E-state index contributed by atoms with van der Waals surface area (Å²) in [6, 6.07) is 9.84. The van der Waals surface area contributed by atoms with Gasteiger partial charge in [-0.2, -0.15) is 5.26 Å². The van der Waals surface area contributed by atoms with E-state index in [-0.39, 0.29) is 0 Å². The van der Waals surface area contributed by atoms with Gasteiger partial charge >= 0.3 is 0 Å². The van der Waals surface area contributed by atoms with Crippen LogP contribution >= 0.6 is 15.9 Å². The van der Waals surface area contributed by atoms with E-state index in [2.05, 4.69) is 42.6 Å². The van der Waals surface area contributed by atoms with Gasteiger partial charge in [0.15, 0.2) is 6.19 Å². The zero-order valence-corrected chi connectivity index (χ0v) is 12.6. The summed E-state index contributed by atoms with van der Waals surface area (Å²) in [5.74, 6) is 1.83. The second-order valence-electron chi connectivity index (χ2n) is 4.19. The van der Waals surface area contributed by atoms with Crippen molar-refractivity contribution in [3.05, 3.63) is 46.2 Å². The molecule has 0 amide bonds. The minimum atomic E-state index is 0.503. The van der Waals surface area contributed by atoms with Crippen molar-refractivity contribution in [3.63, 3.8) is 0 Å². The van der Waals surface area contributed by atoms with E-state index < -0.39 is 0 Å². The summed E-state index contributed by atoms with van der Waals surface area (Å²) in [5.41, 5.74) is 1.24. The summed E-state index contributed by atoms with van der Waals surface area (Å²) < 4.78 is 1.10. The van der Waals surface area contributed by atoms with Crippen LogP contribution in [-0.2, 0) is 6.42 Å². The molecule has 5 nitrogen and oxygen atoms in total. The van der Waals surface area contributed by atoms with Gasteiger partial charge < -0.3 is 5.32 Å². The Morgan fingerprint density at radius 2 is 2.00 bits per heavy atom. The van der Waals surface area contributed by atoms with Crippen LogP contribution in [0, 0.1) is 18.4 Å². The Hall–Kier alpha value is -2.13. The summed E-state index contributed by atoms with van der Waals surface area (Å²) in [6.45, 7) is 2.55. The molecule has 0 aliphatic carbocycles. The van der Waals surface area contributed by atoms with Crippen molar-refractivity contribution < 1.29 is 0 Å². The number of nitrogens with one attached hydrogen (secondary N) is 2. The van der Waals surface area contributed by atoms with E-state index in [0.29, 0.717) is 17.5 Å². The van der Waals surface area contributed by atoms with E-state index in [1.54, 1.807) is 13.0 Å². The SMILES string of the molecule is Cc1nc(NC#N)cc(NCCc2ccccc2Br)n1. The molecular formula is C14H14BrN5. The van der Waals surface area contributed by atoms with E-state index in [9.17, 15) is 0 Å². The minimum absolute atomic E-state index is 0.503. The number of anilines is 2. The van der Waals surface area contributed by atoms with Crippen LogP contribution in [0.15, 0.2) is 34.8 Å². The van der Waals surface area contributed by atoms with Crippen LogP contribution in [0.2, 0.25) is 0 Å². The van der Waals surface area contributed by atoms with Gasteiger partial charge in [-0.05, 0) is 25.0 Å². The second-order valence-corrected chi connectivity index (χ2v) is 5.04. The van der Waals surface area contributed by atoms with Gasteiger partial charge in [-0.25, -0.2) is 9.97 Å². The maximum absolute atomic E-state index is 8.61. The Bertz CT molecular complexity index is 636. The molecule has 0 saturated heterocycles. The predicted octanol–water partition coefficient (Wildman–Crippen LogP) is 3.10. The van der Waals surface area contributed by atoms with Crippen LogP contribution in [0.4, 0.5) is 11.6 Å². The molecule has 0 unspecified atom stereocenters. The lowest BCUT2D eigenvalue weighted by molar-refractivity contribution is 0.979. The summed E-state index contributed by atoms with van der Waals surface area (Å²) in [6.07, 6.45) is 2.73. The van der Waals surface area contributed by atoms with Crippen LogP contribution in [-0.4, -0.2) is 16.5 Å². The average molecular weight is 332 g/mol. The van der Waals surface area contributed by atoms with E-state index in [0.717, 1.165) is 17.4 Å². The van der Waals surface area contributed by atoms with Crippen molar-refractivity contribution in [1.29, 1.82) is 5.26 Å². The Balaban J connectivity index is 1.98. The zero-order valence-electron chi connectivity index (χ0n) is 11.0. The highest BCUT2D eigenvalue weighted by molar-refractivity contribution is 9.10. The molecule has 0 aliphatic heterocycles. The van der Waals surface area contributed by atoms with Gasteiger partial charge in [-0.15, -0.1) is 0 Å². The van der Waals surface area contributed by atoms with Crippen LogP contribution < -0.4 is 10.6 Å². The van der Waals surface area contributed by atoms with Crippen molar-refractivity contribution in [2.75, 3.05) is 17.2 Å². The molecule has 102 valence electrons. The van der Waals surface area contributed by atoms with E-state index in [1.165, 1.54) is 5.56 Å². The number of nitrogens with zero attached hydrogens (tertiary/aromatic N) is 3. The first-order chi connectivity index (χ1) is 9.69.